The molecule has 0 aromatic heterocycles. The number of hydrogen-bond donors (Lipinski definition) is 1. The number of rotatable bonds is 6. The predicted molar refractivity (Wildman–Crippen MR) is 86.2 cm³/mol. The Labute approximate surface area is 128 Å². The van der Waals surface area contributed by atoms with E-state index in [-0.39, 0.29) is 0 Å². The average Bonchev–Trinajstić information content (AvgIpc) is 2.52. The third-order valence-corrected chi connectivity index (χ3v) is 4.09. The quantitative estimate of drug-likeness (QED) is 0.874. The van der Waals surface area contributed by atoms with Gasteiger partial charge in [-0.25, -0.2) is 0 Å². The van der Waals surface area contributed by atoms with Crippen molar-refractivity contribution < 1.29 is 9.47 Å². The maximum atomic E-state index is 5.62. The van der Waals surface area contributed by atoms with Gasteiger partial charge in [0.2, 0.25) is 0 Å². The van der Waals surface area contributed by atoms with E-state index in [1.54, 1.807) is 14.2 Å². The molecule has 1 aliphatic rings. The Bertz CT molecular complexity index is 420. The van der Waals surface area contributed by atoms with Crippen molar-refractivity contribution in [3.05, 3.63) is 23.8 Å². The van der Waals surface area contributed by atoms with Crippen LogP contribution in [-0.2, 0) is 0 Å². The number of nitrogens with zero attached hydrogens (tertiary/aromatic N) is 1. The molecule has 1 saturated heterocycles. The van der Waals surface area contributed by atoms with E-state index < -0.39 is 0 Å². The molecule has 0 bridgehead atoms. The van der Waals surface area contributed by atoms with Crippen molar-refractivity contribution in [2.45, 2.75) is 26.3 Å². The summed E-state index contributed by atoms with van der Waals surface area (Å²) in [6, 6.07) is 6.41. The average molecular weight is 292 g/mol. The molecule has 21 heavy (non-hydrogen) atoms. The highest BCUT2D eigenvalue weighted by molar-refractivity contribution is 5.47. The minimum absolute atomic E-state index is 0.346. The molecular weight excluding hydrogens is 264 g/mol. The van der Waals surface area contributed by atoms with E-state index in [0.29, 0.717) is 12.0 Å². The first-order valence-corrected chi connectivity index (χ1v) is 7.83. The molecule has 0 spiro atoms. The lowest BCUT2D eigenvalue weighted by atomic mass is 9.93. The summed E-state index contributed by atoms with van der Waals surface area (Å²) < 4.78 is 11.2. The highest BCUT2D eigenvalue weighted by Crippen LogP contribution is 2.40. The van der Waals surface area contributed by atoms with Gasteiger partial charge in [-0.2, -0.15) is 0 Å². The third-order valence-electron chi connectivity index (χ3n) is 4.09. The van der Waals surface area contributed by atoms with Gasteiger partial charge < -0.3 is 14.8 Å². The van der Waals surface area contributed by atoms with Crippen LogP contribution < -0.4 is 14.8 Å². The second kappa shape index (κ2) is 7.66. The molecule has 1 N–H and O–H groups in total. The van der Waals surface area contributed by atoms with Crippen molar-refractivity contribution in [3.8, 4) is 11.5 Å². The molecule has 0 unspecified atom stereocenters. The minimum Gasteiger partial charge on any atom is -0.496 e. The standard InChI is InChI=1S/C17H28N2O2/c1-13(2)12-14(19-10-8-18-9-11-19)17-15(20-3)6-5-7-16(17)21-4/h5-7,13-14,18H,8-12H2,1-4H3/t14-/m0/s1. The monoisotopic (exact) mass is 292 g/mol. The maximum absolute atomic E-state index is 5.62. The van der Waals surface area contributed by atoms with Crippen LogP contribution >= 0.6 is 0 Å². The summed E-state index contributed by atoms with van der Waals surface area (Å²) in [4.78, 5) is 2.55. The van der Waals surface area contributed by atoms with Gasteiger partial charge in [-0.05, 0) is 24.5 Å². The predicted octanol–water partition coefficient (Wildman–Crippen LogP) is 2.70. The lowest BCUT2D eigenvalue weighted by Crippen LogP contribution is -2.45. The molecular formula is C17H28N2O2. The van der Waals surface area contributed by atoms with Gasteiger partial charge in [0.15, 0.2) is 0 Å². The van der Waals surface area contributed by atoms with Gasteiger partial charge in [0.05, 0.1) is 19.8 Å². The number of nitrogens with one attached hydrogen (secondary N) is 1. The van der Waals surface area contributed by atoms with Crippen molar-refractivity contribution >= 4 is 0 Å². The summed E-state index contributed by atoms with van der Waals surface area (Å²) in [6.07, 6.45) is 1.11. The Hall–Kier alpha value is -1.26. The maximum Gasteiger partial charge on any atom is 0.127 e. The fourth-order valence-corrected chi connectivity index (χ4v) is 3.10. The number of benzene rings is 1. The van der Waals surface area contributed by atoms with E-state index in [2.05, 4.69) is 24.1 Å². The molecule has 1 heterocycles. The number of methoxy groups -OCH3 is 2. The summed E-state index contributed by atoms with van der Waals surface area (Å²) in [5, 5.41) is 3.43. The minimum atomic E-state index is 0.346. The van der Waals surface area contributed by atoms with Crippen LogP contribution in [0.3, 0.4) is 0 Å². The van der Waals surface area contributed by atoms with Crippen LogP contribution in [0.1, 0.15) is 31.9 Å². The molecule has 2 rings (SSSR count). The van der Waals surface area contributed by atoms with Crippen molar-refractivity contribution in [3.63, 3.8) is 0 Å². The van der Waals surface area contributed by atoms with E-state index in [9.17, 15) is 0 Å². The molecule has 1 atom stereocenters. The summed E-state index contributed by atoms with van der Waals surface area (Å²) in [5.41, 5.74) is 1.19. The lowest BCUT2D eigenvalue weighted by molar-refractivity contribution is 0.148. The molecule has 118 valence electrons. The fraction of sp³-hybridized carbons (Fsp3) is 0.647. The Morgan fingerprint density at radius 3 is 2.14 bits per heavy atom. The second-order valence-electron chi connectivity index (χ2n) is 6.01. The molecule has 0 saturated carbocycles. The molecule has 1 aliphatic heterocycles. The first-order chi connectivity index (χ1) is 10.2. The number of piperazine rings is 1. The van der Waals surface area contributed by atoms with Crippen LogP contribution in [0.25, 0.3) is 0 Å². The van der Waals surface area contributed by atoms with E-state index >= 15 is 0 Å². The highest BCUT2D eigenvalue weighted by Gasteiger charge is 2.28. The number of ether oxygens (including phenoxy) is 2. The van der Waals surface area contributed by atoms with Gasteiger partial charge in [0.1, 0.15) is 11.5 Å². The largest absolute Gasteiger partial charge is 0.496 e. The zero-order chi connectivity index (χ0) is 15.2. The van der Waals surface area contributed by atoms with Gasteiger partial charge in [0, 0.05) is 32.2 Å². The Balaban J connectivity index is 2.39. The zero-order valence-corrected chi connectivity index (χ0v) is 13.7. The molecule has 0 aliphatic carbocycles. The van der Waals surface area contributed by atoms with E-state index in [1.807, 2.05) is 18.2 Å². The van der Waals surface area contributed by atoms with E-state index in [0.717, 1.165) is 44.1 Å². The Morgan fingerprint density at radius 2 is 1.67 bits per heavy atom. The smallest absolute Gasteiger partial charge is 0.127 e. The van der Waals surface area contributed by atoms with Crippen molar-refractivity contribution in [2.24, 2.45) is 5.92 Å². The van der Waals surface area contributed by atoms with Crippen LogP contribution in [0, 0.1) is 5.92 Å². The molecule has 0 radical (unpaired) electrons. The molecule has 1 fully saturated rings. The topological polar surface area (TPSA) is 33.7 Å². The zero-order valence-electron chi connectivity index (χ0n) is 13.7. The second-order valence-corrected chi connectivity index (χ2v) is 6.01. The summed E-state index contributed by atoms with van der Waals surface area (Å²) in [5.74, 6) is 2.48. The van der Waals surface area contributed by atoms with Crippen LogP contribution in [0.4, 0.5) is 0 Å². The fourth-order valence-electron chi connectivity index (χ4n) is 3.10. The van der Waals surface area contributed by atoms with Crippen molar-refractivity contribution in [2.75, 3.05) is 40.4 Å². The highest BCUT2D eigenvalue weighted by atomic mass is 16.5. The van der Waals surface area contributed by atoms with Crippen LogP contribution in [0.15, 0.2) is 18.2 Å². The normalized spacial score (nSPS) is 17.8. The first kappa shape index (κ1) is 16.1. The lowest BCUT2D eigenvalue weighted by Gasteiger charge is -2.37. The van der Waals surface area contributed by atoms with Crippen molar-refractivity contribution in [1.29, 1.82) is 0 Å². The Morgan fingerprint density at radius 1 is 1.10 bits per heavy atom. The third kappa shape index (κ3) is 3.89. The Kier molecular flexibility index (Phi) is 5.88. The van der Waals surface area contributed by atoms with Gasteiger partial charge >= 0.3 is 0 Å². The van der Waals surface area contributed by atoms with E-state index in [1.165, 1.54) is 5.56 Å². The molecule has 1 aromatic rings. The summed E-state index contributed by atoms with van der Waals surface area (Å²) >= 11 is 0. The van der Waals surface area contributed by atoms with Gasteiger partial charge in [-0.1, -0.05) is 19.9 Å². The molecule has 4 heteroatoms. The van der Waals surface area contributed by atoms with Gasteiger partial charge in [0.25, 0.3) is 0 Å². The first-order valence-electron chi connectivity index (χ1n) is 7.83. The van der Waals surface area contributed by atoms with Crippen molar-refractivity contribution in [1.82, 2.24) is 10.2 Å². The van der Waals surface area contributed by atoms with Crippen LogP contribution in [0.2, 0.25) is 0 Å². The molecule has 1 aromatic carbocycles. The summed E-state index contributed by atoms with van der Waals surface area (Å²) in [7, 11) is 3.48. The van der Waals surface area contributed by atoms with Gasteiger partial charge in [-0.15, -0.1) is 0 Å². The van der Waals surface area contributed by atoms with Crippen LogP contribution in [-0.4, -0.2) is 45.3 Å². The SMILES string of the molecule is COc1cccc(OC)c1[C@H](CC(C)C)N1CCNCC1. The summed E-state index contributed by atoms with van der Waals surface area (Å²) in [6.45, 7) is 8.78. The molecule has 4 nitrogen and oxygen atoms in total. The van der Waals surface area contributed by atoms with Crippen LogP contribution in [0.5, 0.6) is 11.5 Å². The van der Waals surface area contributed by atoms with Gasteiger partial charge in [-0.3, -0.25) is 4.90 Å². The molecule has 0 amide bonds. The van der Waals surface area contributed by atoms with E-state index in [4.69, 9.17) is 9.47 Å². The number of hydrogen-bond acceptors (Lipinski definition) is 4.